The fourth-order valence-electron chi connectivity index (χ4n) is 5.36. The Morgan fingerprint density at radius 1 is 1.00 bits per heavy atom. The van der Waals surface area contributed by atoms with Crippen molar-refractivity contribution in [1.29, 1.82) is 0 Å². The molecule has 2 saturated heterocycles. The summed E-state index contributed by atoms with van der Waals surface area (Å²) in [7, 11) is -3.10. The van der Waals surface area contributed by atoms with Crippen molar-refractivity contribution in [2.45, 2.75) is 38.0 Å². The van der Waals surface area contributed by atoms with Gasteiger partial charge in [0.25, 0.3) is 11.8 Å². The summed E-state index contributed by atoms with van der Waals surface area (Å²) in [5.74, 6) is -1.57. The third-order valence-electron chi connectivity index (χ3n) is 7.36. The van der Waals surface area contributed by atoms with Gasteiger partial charge in [0.05, 0.1) is 40.4 Å². The number of sulfone groups is 1. The zero-order chi connectivity index (χ0) is 27.2. The van der Waals surface area contributed by atoms with Gasteiger partial charge in [-0.3, -0.25) is 19.3 Å². The monoisotopic (exact) mass is 549 g/mol. The average molecular weight is 550 g/mol. The zero-order valence-corrected chi connectivity index (χ0v) is 21.1. The lowest BCUT2D eigenvalue weighted by molar-refractivity contribution is -0.137. The van der Waals surface area contributed by atoms with E-state index >= 15 is 0 Å². The van der Waals surface area contributed by atoms with Crippen LogP contribution in [0.2, 0.25) is 0 Å². The van der Waals surface area contributed by atoms with E-state index < -0.39 is 33.4 Å². The highest BCUT2D eigenvalue weighted by molar-refractivity contribution is 7.91. The number of amides is 3. The maximum Gasteiger partial charge on any atom is 0.416 e. The maximum atomic E-state index is 13.3. The molecule has 38 heavy (non-hydrogen) atoms. The molecule has 3 aliphatic heterocycles. The van der Waals surface area contributed by atoms with Crippen molar-refractivity contribution < 1.29 is 36.0 Å². The number of hydrogen-bond acceptors (Lipinski definition) is 6. The van der Waals surface area contributed by atoms with E-state index in [1.54, 1.807) is 12.1 Å². The summed E-state index contributed by atoms with van der Waals surface area (Å²) in [6, 6.07) is 9.10. The first-order chi connectivity index (χ1) is 17.9. The lowest BCUT2D eigenvalue weighted by Gasteiger charge is -2.34. The molecule has 8 nitrogen and oxygen atoms in total. The number of nitrogens with zero attached hydrogens (tertiary/aromatic N) is 2. The number of imide groups is 1. The number of benzene rings is 2. The largest absolute Gasteiger partial charge is 0.416 e. The lowest BCUT2D eigenvalue weighted by Crippen LogP contribution is -2.44. The molecule has 3 amide bonds. The number of fused-ring (bicyclic) bond motifs is 1. The van der Waals surface area contributed by atoms with Crippen LogP contribution in [0.5, 0.6) is 0 Å². The minimum Gasteiger partial charge on any atom is -0.371 e. The molecule has 12 heteroatoms. The first kappa shape index (κ1) is 26.2. The van der Waals surface area contributed by atoms with E-state index in [0.717, 1.165) is 17.0 Å². The van der Waals surface area contributed by atoms with E-state index in [4.69, 9.17) is 0 Å². The van der Waals surface area contributed by atoms with E-state index in [2.05, 4.69) is 5.32 Å². The van der Waals surface area contributed by atoms with Gasteiger partial charge in [-0.25, -0.2) is 8.42 Å². The molecule has 2 aromatic carbocycles. The molecule has 2 aromatic rings. The summed E-state index contributed by atoms with van der Waals surface area (Å²) in [4.78, 5) is 41.9. The van der Waals surface area contributed by atoms with Crippen molar-refractivity contribution in [2.75, 3.05) is 29.5 Å². The van der Waals surface area contributed by atoms with Crippen LogP contribution < -0.4 is 10.2 Å². The van der Waals surface area contributed by atoms with Crippen LogP contribution in [0, 0.1) is 5.92 Å². The number of carbonyl (C=O) groups excluding carboxylic acids is 3. The van der Waals surface area contributed by atoms with Gasteiger partial charge in [0.1, 0.15) is 0 Å². The summed E-state index contributed by atoms with van der Waals surface area (Å²) in [5, 5.41) is 2.84. The molecular formula is C26H26F3N3O5S. The van der Waals surface area contributed by atoms with E-state index in [9.17, 15) is 36.0 Å². The second kappa shape index (κ2) is 9.72. The molecule has 3 heterocycles. The summed E-state index contributed by atoms with van der Waals surface area (Å²) in [6.45, 7) is 0.619. The normalized spacial score (nSPS) is 21.6. The number of rotatable bonds is 5. The number of hydrogen-bond donors (Lipinski definition) is 1. The van der Waals surface area contributed by atoms with Gasteiger partial charge in [0.2, 0.25) is 5.91 Å². The number of piperidine rings is 1. The van der Waals surface area contributed by atoms with Gasteiger partial charge in [0, 0.05) is 25.0 Å². The summed E-state index contributed by atoms with van der Waals surface area (Å²) in [5.41, 5.74) is 0.296. The molecular weight excluding hydrogens is 523 g/mol. The van der Waals surface area contributed by atoms with Gasteiger partial charge >= 0.3 is 6.18 Å². The number of anilines is 1. The number of carbonyl (C=O) groups is 3. The van der Waals surface area contributed by atoms with Crippen LogP contribution in [0.4, 0.5) is 18.9 Å². The Kier molecular flexibility index (Phi) is 6.70. The third-order valence-corrected chi connectivity index (χ3v) is 9.13. The molecule has 5 rings (SSSR count). The van der Waals surface area contributed by atoms with Crippen molar-refractivity contribution in [2.24, 2.45) is 5.92 Å². The van der Waals surface area contributed by atoms with Crippen molar-refractivity contribution in [3.63, 3.8) is 0 Å². The standard InChI is InChI=1S/C26H26F3N3O5S/c27-26(28,29)18-4-1-3-16(13-18)14-32-24(34)20-5-2-6-21(22(20)25(32)35)31-10-7-17(8-11-31)23(33)30-19-9-12-38(36,37)15-19/h1-6,13,17,19H,7-12,14-15H2,(H,30,33)/t19-/m1/s1. The second-order valence-electron chi connectivity index (χ2n) is 9.96. The van der Waals surface area contributed by atoms with Crippen LogP contribution in [0.25, 0.3) is 0 Å². The van der Waals surface area contributed by atoms with Gasteiger partial charge in [-0.05, 0) is 49.1 Å². The molecule has 3 aliphatic rings. The lowest BCUT2D eigenvalue weighted by atomic mass is 9.94. The molecule has 0 radical (unpaired) electrons. The number of nitrogens with one attached hydrogen (secondary N) is 1. The predicted molar refractivity (Wildman–Crippen MR) is 132 cm³/mol. The summed E-state index contributed by atoms with van der Waals surface area (Å²) < 4.78 is 62.7. The molecule has 1 atom stereocenters. The average Bonchev–Trinajstić information content (AvgIpc) is 3.34. The number of halogens is 3. The quantitative estimate of drug-likeness (QED) is 0.576. The van der Waals surface area contributed by atoms with Crippen LogP contribution in [0.1, 0.15) is 51.1 Å². The van der Waals surface area contributed by atoms with E-state index in [0.29, 0.717) is 38.0 Å². The Morgan fingerprint density at radius 3 is 2.37 bits per heavy atom. The molecule has 0 bridgehead atoms. The molecule has 202 valence electrons. The van der Waals surface area contributed by atoms with Gasteiger partial charge in [-0.1, -0.05) is 18.2 Å². The van der Waals surface area contributed by atoms with Crippen molar-refractivity contribution in [1.82, 2.24) is 10.2 Å². The molecule has 0 saturated carbocycles. The Balaban J connectivity index is 1.27. The zero-order valence-electron chi connectivity index (χ0n) is 20.3. The van der Waals surface area contributed by atoms with Gasteiger partial charge in [0.15, 0.2) is 9.84 Å². The first-order valence-corrected chi connectivity index (χ1v) is 14.2. The van der Waals surface area contributed by atoms with Crippen LogP contribution >= 0.6 is 0 Å². The maximum absolute atomic E-state index is 13.3. The molecule has 0 unspecified atom stereocenters. The Morgan fingerprint density at radius 2 is 1.71 bits per heavy atom. The Bertz CT molecular complexity index is 1400. The molecule has 0 spiro atoms. The topological polar surface area (TPSA) is 104 Å². The molecule has 0 aromatic heterocycles. The van der Waals surface area contributed by atoms with Crippen LogP contribution in [0.3, 0.4) is 0 Å². The Hall–Kier alpha value is -3.41. The van der Waals surface area contributed by atoms with E-state index in [1.807, 2.05) is 4.90 Å². The molecule has 2 fully saturated rings. The molecule has 1 N–H and O–H groups in total. The number of alkyl halides is 3. The van der Waals surface area contributed by atoms with Crippen molar-refractivity contribution >= 4 is 33.2 Å². The first-order valence-electron chi connectivity index (χ1n) is 12.3. The van der Waals surface area contributed by atoms with Crippen molar-refractivity contribution in [3.05, 3.63) is 64.7 Å². The minimum absolute atomic E-state index is 0.0408. The predicted octanol–water partition coefficient (Wildman–Crippen LogP) is 3.02. The fraction of sp³-hybridized carbons (Fsp3) is 0.423. The molecule has 0 aliphatic carbocycles. The summed E-state index contributed by atoms with van der Waals surface area (Å²) >= 11 is 0. The summed E-state index contributed by atoms with van der Waals surface area (Å²) in [6.07, 6.45) is -3.14. The van der Waals surface area contributed by atoms with Crippen molar-refractivity contribution in [3.8, 4) is 0 Å². The van der Waals surface area contributed by atoms with Crippen LogP contribution in [-0.4, -0.2) is 61.7 Å². The third kappa shape index (κ3) is 5.13. The van der Waals surface area contributed by atoms with E-state index in [-0.39, 0.29) is 52.6 Å². The highest BCUT2D eigenvalue weighted by atomic mass is 32.2. The highest BCUT2D eigenvalue weighted by Crippen LogP contribution is 2.35. The second-order valence-corrected chi connectivity index (χ2v) is 12.2. The van der Waals surface area contributed by atoms with Crippen LogP contribution in [0.15, 0.2) is 42.5 Å². The van der Waals surface area contributed by atoms with Gasteiger partial charge in [-0.15, -0.1) is 0 Å². The Labute approximate surface area is 217 Å². The highest BCUT2D eigenvalue weighted by Gasteiger charge is 2.40. The van der Waals surface area contributed by atoms with Gasteiger partial charge in [-0.2, -0.15) is 13.2 Å². The fourth-order valence-corrected chi connectivity index (χ4v) is 7.04. The van der Waals surface area contributed by atoms with E-state index in [1.165, 1.54) is 18.2 Å². The smallest absolute Gasteiger partial charge is 0.371 e. The van der Waals surface area contributed by atoms with Crippen LogP contribution in [-0.2, 0) is 27.4 Å². The van der Waals surface area contributed by atoms with Gasteiger partial charge < -0.3 is 10.2 Å². The SMILES string of the molecule is O=C(N[C@@H]1CCS(=O)(=O)C1)C1CCN(c2cccc3c2C(=O)N(Cc2cccc(C(F)(F)F)c2)C3=O)CC1. The minimum atomic E-state index is -4.54.